The SMILES string of the molecule is CNC(CCOC)c1cnc(C(F)(F)F)s1. The fourth-order valence-corrected chi connectivity index (χ4v) is 2.17. The van der Waals surface area contributed by atoms with Gasteiger partial charge in [0.25, 0.3) is 0 Å². The first kappa shape index (κ1) is 13.4. The second-order valence-electron chi connectivity index (χ2n) is 3.19. The van der Waals surface area contributed by atoms with E-state index < -0.39 is 11.2 Å². The molecule has 1 N–H and O–H groups in total. The van der Waals surface area contributed by atoms with Crippen LogP contribution in [-0.2, 0) is 10.9 Å². The molecule has 0 amide bonds. The molecule has 1 rings (SSSR count). The number of thiazole rings is 1. The van der Waals surface area contributed by atoms with E-state index in [4.69, 9.17) is 4.74 Å². The van der Waals surface area contributed by atoms with E-state index in [0.29, 0.717) is 29.2 Å². The minimum Gasteiger partial charge on any atom is -0.385 e. The third kappa shape index (κ3) is 3.43. The van der Waals surface area contributed by atoms with Gasteiger partial charge in [-0.15, -0.1) is 11.3 Å². The summed E-state index contributed by atoms with van der Waals surface area (Å²) in [5.74, 6) is 0. The van der Waals surface area contributed by atoms with E-state index in [9.17, 15) is 13.2 Å². The van der Waals surface area contributed by atoms with Crippen molar-refractivity contribution in [2.24, 2.45) is 0 Å². The van der Waals surface area contributed by atoms with E-state index in [1.807, 2.05) is 0 Å². The minimum absolute atomic E-state index is 0.145. The lowest BCUT2D eigenvalue weighted by Crippen LogP contribution is -2.16. The average Bonchev–Trinajstić information content (AvgIpc) is 2.68. The number of ether oxygens (including phenoxy) is 1. The summed E-state index contributed by atoms with van der Waals surface area (Å²) in [7, 11) is 3.26. The zero-order valence-corrected chi connectivity index (χ0v) is 9.78. The lowest BCUT2D eigenvalue weighted by atomic mass is 10.2. The summed E-state index contributed by atoms with van der Waals surface area (Å²) in [6, 6.07) is -0.145. The van der Waals surface area contributed by atoms with Crippen LogP contribution in [0.1, 0.15) is 22.3 Å². The minimum atomic E-state index is -4.36. The molecule has 0 bridgehead atoms. The van der Waals surface area contributed by atoms with Crippen LogP contribution in [0.3, 0.4) is 0 Å². The fraction of sp³-hybridized carbons (Fsp3) is 0.667. The standard InChI is InChI=1S/C9H13F3N2OS/c1-13-6(3-4-15-2)7-5-14-8(16-7)9(10,11)12/h5-6,13H,3-4H2,1-2H3. The van der Waals surface area contributed by atoms with Crippen molar-refractivity contribution >= 4 is 11.3 Å². The third-order valence-corrected chi connectivity index (χ3v) is 3.22. The molecule has 0 aliphatic carbocycles. The summed E-state index contributed by atoms with van der Waals surface area (Å²) in [4.78, 5) is 3.95. The van der Waals surface area contributed by atoms with Crippen molar-refractivity contribution < 1.29 is 17.9 Å². The van der Waals surface area contributed by atoms with Crippen LogP contribution in [-0.4, -0.2) is 25.7 Å². The lowest BCUT2D eigenvalue weighted by Gasteiger charge is -2.12. The van der Waals surface area contributed by atoms with Crippen molar-refractivity contribution in [3.05, 3.63) is 16.1 Å². The first-order valence-corrected chi connectivity index (χ1v) is 5.49. The van der Waals surface area contributed by atoms with E-state index >= 15 is 0 Å². The Balaban J connectivity index is 2.75. The quantitative estimate of drug-likeness (QED) is 0.876. The Bertz CT molecular complexity index is 327. The molecule has 7 heteroatoms. The van der Waals surface area contributed by atoms with Gasteiger partial charge in [-0.2, -0.15) is 13.2 Å². The number of nitrogens with zero attached hydrogens (tertiary/aromatic N) is 1. The Kier molecular flexibility index (Phi) is 4.69. The van der Waals surface area contributed by atoms with Crippen molar-refractivity contribution in [2.45, 2.75) is 18.6 Å². The van der Waals surface area contributed by atoms with Crippen LogP contribution in [0, 0.1) is 0 Å². The maximum absolute atomic E-state index is 12.3. The highest BCUT2D eigenvalue weighted by Gasteiger charge is 2.35. The molecular weight excluding hydrogens is 241 g/mol. The molecule has 3 nitrogen and oxygen atoms in total. The molecule has 16 heavy (non-hydrogen) atoms. The molecule has 0 aromatic carbocycles. The van der Waals surface area contributed by atoms with E-state index in [1.165, 1.54) is 6.20 Å². The third-order valence-electron chi connectivity index (χ3n) is 2.07. The first-order valence-electron chi connectivity index (χ1n) is 4.68. The summed E-state index contributed by atoms with van der Waals surface area (Å²) in [5, 5.41) is 2.14. The molecule has 1 aromatic rings. The molecule has 1 aromatic heterocycles. The van der Waals surface area contributed by atoms with Gasteiger partial charge in [-0.3, -0.25) is 0 Å². The van der Waals surface area contributed by atoms with Crippen LogP contribution in [0.25, 0.3) is 0 Å². The highest BCUT2D eigenvalue weighted by molar-refractivity contribution is 7.11. The van der Waals surface area contributed by atoms with Gasteiger partial charge in [0, 0.05) is 30.8 Å². The number of aromatic nitrogens is 1. The molecule has 1 heterocycles. The maximum atomic E-state index is 12.3. The second kappa shape index (κ2) is 5.60. The molecule has 0 saturated carbocycles. The smallest absolute Gasteiger partial charge is 0.385 e. The van der Waals surface area contributed by atoms with Gasteiger partial charge in [0.2, 0.25) is 0 Å². The van der Waals surface area contributed by atoms with Crippen LogP contribution >= 0.6 is 11.3 Å². The van der Waals surface area contributed by atoms with E-state index in [2.05, 4.69) is 10.3 Å². The number of nitrogens with one attached hydrogen (secondary N) is 1. The number of alkyl halides is 3. The number of methoxy groups -OCH3 is 1. The van der Waals surface area contributed by atoms with E-state index in [1.54, 1.807) is 14.2 Å². The Morgan fingerprint density at radius 2 is 2.25 bits per heavy atom. The number of hydrogen-bond acceptors (Lipinski definition) is 4. The number of hydrogen-bond donors (Lipinski definition) is 1. The van der Waals surface area contributed by atoms with E-state index in [0.717, 1.165) is 0 Å². The summed E-state index contributed by atoms with van der Waals surface area (Å²) >= 11 is 0.669. The van der Waals surface area contributed by atoms with Gasteiger partial charge in [0.15, 0.2) is 5.01 Å². The Morgan fingerprint density at radius 1 is 1.56 bits per heavy atom. The molecule has 1 unspecified atom stereocenters. The molecule has 0 aliphatic rings. The Hall–Kier alpha value is -0.660. The summed E-state index contributed by atoms with van der Waals surface area (Å²) in [5.41, 5.74) is 0. The van der Waals surface area contributed by atoms with Crippen LogP contribution in [0.5, 0.6) is 0 Å². The van der Waals surface area contributed by atoms with Crippen molar-refractivity contribution in [1.29, 1.82) is 0 Å². The molecule has 0 spiro atoms. The molecule has 0 radical (unpaired) electrons. The first-order chi connectivity index (χ1) is 7.49. The highest BCUT2D eigenvalue weighted by Crippen LogP contribution is 2.34. The van der Waals surface area contributed by atoms with Crippen LogP contribution in [0.15, 0.2) is 6.20 Å². The van der Waals surface area contributed by atoms with Crippen molar-refractivity contribution in [1.82, 2.24) is 10.3 Å². The van der Waals surface area contributed by atoms with Crippen molar-refractivity contribution in [2.75, 3.05) is 20.8 Å². The van der Waals surface area contributed by atoms with Crippen molar-refractivity contribution in [3.8, 4) is 0 Å². The molecular formula is C9H13F3N2OS. The topological polar surface area (TPSA) is 34.1 Å². The lowest BCUT2D eigenvalue weighted by molar-refractivity contribution is -0.137. The van der Waals surface area contributed by atoms with Gasteiger partial charge in [-0.05, 0) is 13.5 Å². The predicted molar refractivity (Wildman–Crippen MR) is 55.4 cm³/mol. The summed E-state index contributed by atoms with van der Waals surface area (Å²) < 4.78 is 41.9. The fourth-order valence-electron chi connectivity index (χ4n) is 1.24. The van der Waals surface area contributed by atoms with Gasteiger partial charge < -0.3 is 10.1 Å². The largest absolute Gasteiger partial charge is 0.443 e. The molecule has 0 fully saturated rings. The van der Waals surface area contributed by atoms with Crippen LogP contribution < -0.4 is 5.32 Å². The summed E-state index contributed by atoms with van der Waals surface area (Å²) in [6.07, 6.45) is -2.47. The second-order valence-corrected chi connectivity index (χ2v) is 4.25. The summed E-state index contributed by atoms with van der Waals surface area (Å²) in [6.45, 7) is 0.491. The predicted octanol–water partition coefficient (Wildman–Crippen LogP) is 2.46. The van der Waals surface area contributed by atoms with Crippen LogP contribution in [0.2, 0.25) is 0 Å². The number of rotatable bonds is 5. The highest BCUT2D eigenvalue weighted by atomic mass is 32.1. The van der Waals surface area contributed by atoms with Gasteiger partial charge in [0.1, 0.15) is 0 Å². The van der Waals surface area contributed by atoms with Gasteiger partial charge in [-0.1, -0.05) is 0 Å². The average molecular weight is 254 g/mol. The zero-order chi connectivity index (χ0) is 12.2. The van der Waals surface area contributed by atoms with Crippen LogP contribution in [0.4, 0.5) is 13.2 Å². The normalized spacial score (nSPS) is 14.1. The van der Waals surface area contributed by atoms with Gasteiger partial charge in [-0.25, -0.2) is 4.98 Å². The van der Waals surface area contributed by atoms with Gasteiger partial charge >= 0.3 is 6.18 Å². The van der Waals surface area contributed by atoms with Gasteiger partial charge in [0.05, 0.1) is 0 Å². The zero-order valence-electron chi connectivity index (χ0n) is 8.97. The molecule has 92 valence electrons. The number of halogens is 3. The molecule has 0 aliphatic heterocycles. The Labute approximate surface area is 95.6 Å². The Morgan fingerprint density at radius 3 is 2.69 bits per heavy atom. The van der Waals surface area contributed by atoms with E-state index in [-0.39, 0.29) is 6.04 Å². The maximum Gasteiger partial charge on any atom is 0.443 e. The monoisotopic (exact) mass is 254 g/mol. The van der Waals surface area contributed by atoms with Crippen molar-refractivity contribution in [3.63, 3.8) is 0 Å². The molecule has 0 saturated heterocycles. The molecule has 1 atom stereocenters.